The SMILES string of the molecule is O=C(NCc1cccc(-c2c[nH]c3ncc(-c4cccnc4)cc23)c1)c1cccn(Cc2ccc(F)c(F)c2)c1=O. The number of rotatable bonds is 7. The Balaban J connectivity index is 1.20. The highest BCUT2D eigenvalue weighted by Crippen LogP contribution is 2.31. The van der Waals surface area contributed by atoms with Crippen molar-refractivity contribution in [2.45, 2.75) is 13.1 Å². The summed E-state index contributed by atoms with van der Waals surface area (Å²) in [5, 5.41) is 3.77. The minimum absolute atomic E-state index is 0.00117. The summed E-state index contributed by atoms with van der Waals surface area (Å²) in [7, 11) is 0. The van der Waals surface area contributed by atoms with Gasteiger partial charge in [-0.3, -0.25) is 14.6 Å². The molecule has 0 saturated heterocycles. The highest BCUT2D eigenvalue weighted by atomic mass is 19.2. The number of H-pyrrole nitrogens is 1. The van der Waals surface area contributed by atoms with Gasteiger partial charge < -0.3 is 14.9 Å². The molecule has 2 N–H and O–H groups in total. The van der Waals surface area contributed by atoms with E-state index < -0.39 is 23.1 Å². The highest BCUT2D eigenvalue weighted by molar-refractivity contribution is 5.96. The molecule has 0 bridgehead atoms. The second-order valence-electron chi connectivity index (χ2n) is 9.55. The summed E-state index contributed by atoms with van der Waals surface area (Å²) in [6.45, 7) is 0.201. The number of fused-ring (bicyclic) bond motifs is 1. The van der Waals surface area contributed by atoms with E-state index in [0.29, 0.717) is 5.56 Å². The molecule has 4 aromatic heterocycles. The second kappa shape index (κ2) is 11.0. The maximum atomic E-state index is 13.6. The average Bonchev–Trinajstić information content (AvgIpc) is 3.43. The van der Waals surface area contributed by atoms with Crippen LogP contribution >= 0.6 is 0 Å². The van der Waals surface area contributed by atoms with Gasteiger partial charge in [-0.15, -0.1) is 0 Å². The molecule has 0 aliphatic carbocycles. The van der Waals surface area contributed by atoms with Gasteiger partial charge in [0.25, 0.3) is 11.5 Å². The number of hydrogen-bond donors (Lipinski definition) is 2. The van der Waals surface area contributed by atoms with Crippen LogP contribution in [0.1, 0.15) is 21.5 Å². The maximum absolute atomic E-state index is 13.6. The quantitative estimate of drug-likeness (QED) is 0.268. The number of amides is 1. The summed E-state index contributed by atoms with van der Waals surface area (Å²) < 4.78 is 28.1. The fourth-order valence-electron chi connectivity index (χ4n) is 4.73. The molecule has 4 heterocycles. The Kier molecular flexibility index (Phi) is 6.91. The number of aromatic nitrogens is 4. The minimum Gasteiger partial charge on any atom is -0.348 e. The second-order valence-corrected chi connectivity index (χ2v) is 9.55. The lowest BCUT2D eigenvalue weighted by Crippen LogP contribution is -2.32. The Morgan fingerprint density at radius 3 is 2.59 bits per heavy atom. The molecular weight excluding hydrogens is 524 g/mol. The normalized spacial score (nSPS) is 11.1. The molecule has 0 saturated carbocycles. The number of pyridine rings is 3. The zero-order chi connectivity index (χ0) is 28.3. The lowest BCUT2D eigenvalue weighted by Gasteiger charge is -2.10. The van der Waals surface area contributed by atoms with Crippen LogP contribution in [-0.2, 0) is 13.1 Å². The zero-order valence-electron chi connectivity index (χ0n) is 21.6. The molecule has 2 aromatic carbocycles. The van der Waals surface area contributed by atoms with E-state index in [4.69, 9.17) is 0 Å². The van der Waals surface area contributed by atoms with Crippen molar-refractivity contribution in [1.29, 1.82) is 0 Å². The summed E-state index contributed by atoms with van der Waals surface area (Å²) in [5.41, 5.74) is 5.27. The number of halogens is 2. The third kappa shape index (κ3) is 5.38. The number of carbonyl (C=O) groups excluding carboxylic acids is 1. The van der Waals surface area contributed by atoms with Gasteiger partial charge in [-0.2, -0.15) is 0 Å². The first-order valence-corrected chi connectivity index (χ1v) is 12.8. The van der Waals surface area contributed by atoms with E-state index >= 15 is 0 Å². The van der Waals surface area contributed by atoms with Gasteiger partial charge in [0, 0.05) is 59.6 Å². The van der Waals surface area contributed by atoms with Gasteiger partial charge in [0.2, 0.25) is 0 Å². The van der Waals surface area contributed by atoms with Gasteiger partial charge in [-0.25, -0.2) is 13.8 Å². The van der Waals surface area contributed by atoms with Crippen molar-refractivity contribution >= 4 is 16.9 Å². The third-order valence-electron chi connectivity index (χ3n) is 6.82. The van der Waals surface area contributed by atoms with Gasteiger partial charge in [0.1, 0.15) is 11.2 Å². The van der Waals surface area contributed by atoms with Crippen LogP contribution in [-0.4, -0.2) is 25.4 Å². The molecular formula is C32H23F2N5O2. The minimum atomic E-state index is -0.996. The largest absolute Gasteiger partial charge is 0.348 e. The first-order valence-electron chi connectivity index (χ1n) is 12.8. The predicted octanol–water partition coefficient (Wildman–Crippen LogP) is 5.71. The van der Waals surface area contributed by atoms with Crippen molar-refractivity contribution in [2.75, 3.05) is 0 Å². The van der Waals surface area contributed by atoms with E-state index in [9.17, 15) is 18.4 Å². The summed E-state index contributed by atoms with van der Waals surface area (Å²) >= 11 is 0. The predicted molar refractivity (Wildman–Crippen MR) is 152 cm³/mol. The standard InChI is InChI=1S/C32H23F2N5O2/c33-28-9-8-21(13-29(28)34)19-39-11-3-7-25(32(39)41)31(40)38-15-20-4-1-5-22(12-20)27-18-37-30-26(27)14-24(17-36-30)23-6-2-10-35-16-23/h1-14,16-18H,15,19H2,(H,36,37)(H,38,40). The van der Waals surface area contributed by atoms with E-state index in [0.717, 1.165) is 51.0 Å². The van der Waals surface area contributed by atoms with Crippen LogP contribution in [0.15, 0.2) is 109 Å². The molecule has 0 unspecified atom stereocenters. The first kappa shape index (κ1) is 25.8. The van der Waals surface area contributed by atoms with Crippen LogP contribution in [0, 0.1) is 11.6 Å². The van der Waals surface area contributed by atoms with Crippen molar-refractivity contribution < 1.29 is 13.6 Å². The fraction of sp³-hybridized carbons (Fsp3) is 0.0625. The number of carbonyl (C=O) groups is 1. The highest BCUT2D eigenvalue weighted by Gasteiger charge is 2.14. The molecule has 6 rings (SSSR count). The van der Waals surface area contributed by atoms with E-state index in [-0.39, 0.29) is 18.7 Å². The van der Waals surface area contributed by atoms with E-state index in [1.807, 2.05) is 42.6 Å². The van der Waals surface area contributed by atoms with Crippen molar-refractivity contribution in [2.24, 2.45) is 0 Å². The maximum Gasteiger partial charge on any atom is 0.263 e. The Morgan fingerprint density at radius 1 is 0.878 bits per heavy atom. The molecule has 9 heteroatoms. The number of benzene rings is 2. The molecule has 6 aromatic rings. The summed E-state index contributed by atoms with van der Waals surface area (Å²) in [6, 6.07) is 20.1. The first-order chi connectivity index (χ1) is 20.0. The Hall–Kier alpha value is -5.44. The van der Waals surface area contributed by atoms with Gasteiger partial charge in [-0.1, -0.05) is 30.3 Å². The molecule has 0 aliphatic rings. The topological polar surface area (TPSA) is 92.7 Å². The van der Waals surface area contributed by atoms with Crippen molar-refractivity contribution in [3.63, 3.8) is 0 Å². The summed E-state index contributed by atoms with van der Waals surface area (Å²) in [6.07, 6.45) is 8.73. The van der Waals surface area contributed by atoms with Crippen molar-refractivity contribution in [1.82, 2.24) is 24.8 Å². The number of nitrogens with zero attached hydrogens (tertiary/aromatic N) is 3. The van der Waals surface area contributed by atoms with Gasteiger partial charge in [-0.05, 0) is 59.2 Å². The van der Waals surface area contributed by atoms with Crippen LogP contribution < -0.4 is 10.9 Å². The molecule has 41 heavy (non-hydrogen) atoms. The van der Waals surface area contributed by atoms with Crippen LogP contribution in [0.25, 0.3) is 33.3 Å². The Bertz CT molecular complexity index is 1950. The van der Waals surface area contributed by atoms with Crippen molar-refractivity contribution in [3.8, 4) is 22.3 Å². The van der Waals surface area contributed by atoms with Gasteiger partial charge in [0.05, 0.1) is 6.54 Å². The van der Waals surface area contributed by atoms with Crippen molar-refractivity contribution in [3.05, 3.63) is 142 Å². The van der Waals surface area contributed by atoms with E-state index in [1.54, 1.807) is 24.7 Å². The summed E-state index contributed by atoms with van der Waals surface area (Å²) in [4.78, 5) is 37.9. The number of hydrogen-bond acceptors (Lipinski definition) is 4. The third-order valence-corrected chi connectivity index (χ3v) is 6.82. The smallest absolute Gasteiger partial charge is 0.263 e. The van der Waals surface area contributed by atoms with Crippen LogP contribution in [0.5, 0.6) is 0 Å². The lowest BCUT2D eigenvalue weighted by molar-refractivity contribution is 0.0948. The van der Waals surface area contributed by atoms with Crippen LogP contribution in [0.3, 0.4) is 0 Å². The van der Waals surface area contributed by atoms with Gasteiger partial charge >= 0.3 is 0 Å². The number of nitrogens with one attached hydrogen (secondary N) is 2. The molecule has 0 spiro atoms. The molecule has 1 amide bonds. The molecule has 0 atom stereocenters. The summed E-state index contributed by atoms with van der Waals surface area (Å²) in [5.74, 6) is -2.49. The lowest BCUT2D eigenvalue weighted by atomic mass is 10.0. The molecule has 7 nitrogen and oxygen atoms in total. The molecule has 0 aliphatic heterocycles. The Labute approximate surface area is 233 Å². The average molecular weight is 548 g/mol. The van der Waals surface area contributed by atoms with Gasteiger partial charge in [0.15, 0.2) is 11.6 Å². The molecule has 0 radical (unpaired) electrons. The zero-order valence-corrected chi connectivity index (χ0v) is 21.6. The van der Waals surface area contributed by atoms with Crippen LogP contribution in [0.4, 0.5) is 8.78 Å². The molecule has 0 fully saturated rings. The number of aromatic amines is 1. The Morgan fingerprint density at radius 2 is 1.76 bits per heavy atom. The van der Waals surface area contributed by atoms with E-state index in [1.165, 1.54) is 22.9 Å². The monoisotopic (exact) mass is 547 g/mol. The fourth-order valence-corrected chi connectivity index (χ4v) is 4.73. The molecule has 202 valence electrons. The van der Waals surface area contributed by atoms with Crippen LogP contribution in [0.2, 0.25) is 0 Å². The van der Waals surface area contributed by atoms with E-state index in [2.05, 4.69) is 26.3 Å².